The number of hydrogen-bond donors (Lipinski definition) is 0. The number of nitriles is 1. The van der Waals surface area contributed by atoms with Crippen molar-refractivity contribution in [1.82, 2.24) is 9.13 Å². The van der Waals surface area contributed by atoms with Gasteiger partial charge in [-0.25, -0.2) is 9.79 Å². The molecule has 0 saturated heterocycles. The molecular formula is C34H34N4O4S2. The lowest BCUT2D eigenvalue weighted by molar-refractivity contribution is -0.139. The molecular weight excluding hydrogens is 593 g/mol. The number of hydrogen-bond acceptors (Lipinski definition) is 8. The highest BCUT2D eigenvalue weighted by Crippen LogP contribution is 2.39. The Morgan fingerprint density at radius 3 is 2.66 bits per heavy atom. The number of carbonyl (C=O) groups is 1. The number of thiazole rings is 1. The maximum atomic E-state index is 14.2. The van der Waals surface area contributed by atoms with E-state index in [1.54, 1.807) is 29.8 Å². The minimum atomic E-state index is -0.752. The van der Waals surface area contributed by atoms with Crippen LogP contribution in [0.2, 0.25) is 0 Å². The Morgan fingerprint density at radius 1 is 1.14 bits per heavy atom. The summed E-state index contributed by atoms with van der Waals surface area (Å²) in [6.07, 6.45) is 6.13. The van der Waals surface area contributed by atoms with Crippen molar-refractivity contribution in [3.05, 3.63) is 99.8 Å². The van der Waals surface area contributed by atoms with E-state index in [9.17, 15) is 14.9 Å². The molecule has 10 heteroatoms. The van der Waals surface area contributed by atoms with Gasteiger partial charge in [0, 0.05) is 21.8 Å². The SMILES string of the molecule is CCOC(=O)C1=C(C)N=c2s/c(=C\c3cc(C)n(-c4sc5c(c4C#N)CCCC5)c3C)c(=O)n2[C@H]1c1ccccc1OCC. The highest BCUT2D eigenvalue weighted by molar-refractivity contribution is 7.15. The third-order valence-corrected chi connectivity index (χ3v) is 10.5. The molecule has 0 unspecified atom stereocenters. The number of ether oxygens (including phenoxy) is 2. The van der Waals surface area contributed by atoms with Crippen molar-refractivity contribution in [2.24, 2.45) is 4.99 Å². The van der Waals surface area contributed by atoms with Crippen LogP contribution in [0.5, 0.6) is 5.75 Å². The van der Waals surface area contributed by atoms with Gasteiger partial charge < -0.3 is 14.0 Å². The summed E-state index contributed by atoms with van der Waals surface area (Å²) < 4.78 is 15.6. The van der Waals surface area contributed by atoms with Crippen LogP contribution < -0.4 is 19.6 Å². The summed E-state index contributed by atoms with van der Waals surface area (Å²) in [5.74, 6) is 0.0939. The molecule has 1 aliphatic heterocycles. The minimum Gasteiger partial charge on any atom is -0.494 e. The van der Waals surface area contributed by atoms with Crippen molar-refractivity contribution in [2.75, 3.05) is 13.2 Å². The van der Waals surface area contributed by atoms with Crippen molar-refractivity contribution in [2.45, 2.75) is 66.3 Å². The number of aryl methyl sites for hydroxylation is 2. The van der Waals surface area contributed by atoms with Gasteiger partial charge in [-0.05, 0) is 89.6 Å². The number of carbonyl (C=O) groups excluding carboxylic acids is 1. The molecule has 0 radical (unpaired) electrons. The van der Waals surface area contributed by atoms with E-state index >= 15 is 0 Å². The monoisotopic (exact) mass is 626 g/mol. The number of rotatable bonds is 7. The van der Waals surface area contributed by atoms with Gasteiger partial charge in [-0.1, -0.05) is 29.5 Å². The highest BCUT2D eigenvalue weighted by Gasteiger charge is 2.35. The largest absolute Gasteiger partial charge is 0.494 e. The number of thiophene rings is 1. The van der Waals surface area contributed by atoms with E-state index in [1.807, 2.05) is 51.1 Å². The van der Waals surface area contributed by atoms with Crippen LogP contribution in [-0.4, -0.2) is 28.3 Å². The van der Waals surface area contributed by atoms with Crippen LogP contribution in [0, 0.1) is 25.2 Å². The smallest absolute Gasteiger partial charge is 0.338 e. The third kappa shape index (κ3) is 4.94. The van der Waals surface area contributed by atoms with E-state index < -0.39 is 12.0 Å². The number of benzene rings is 1. The Kier molecular flexibility index (Phi) is 8.18. The molecule has 0 amide bonds. The summed E-state index contributed by atoms with van der Waals surface area (Å²) in [5, 5.41) is 11.1. The molecule has 0 saturated carbocycles. The molecule has 8 nitrogen and oxygen atoms in total. The Bertz CT molecular complexity index is 2050. The lowest BCUT2D eigenvalue weighted by Crippen LogP contribution is -2.40. The number of esters is 1. The van der Waals surface area contributed by atoms with Crippen molar-refractivity contribution >= 4 is 34.7 Å². The van der Waals surface area contributed by atoms with E-state index in [0.29, 0.717) is 38.5 Å². The molecule has 1 atom stereocenters. The standard InChI is InChI=1S/C34H34N4O4S2/c1-6-41-26-14-10-8-13-24(26)30-29(33(40)42-7-2)20(4)36-34-38(30)31(39)28(44-34)17-22-16-19(3)37(21(22)5)32-25(18-35)23-12-9-11-15-27(23)43-32/h8,10,13-14,16-17,30H,6-7,9,11-12,15H2,1-5H3/b28-17-/t30-/m0/s1. The summed E-state index contributed by atoms with van der Waals surface area (Å²) in [6, 6.07) is 11.3. The molecule has 44 heavy (non-hydrogen) atoms. The summed E-state index contributed by atoms with van der Waals surface area (Å²) in [4.78, 5) is 34.1. The first-order valence-corrected chi connectivity index (χ1v) is 16.6. The van der Waals surface area contributed by atoms with Crippen LogP contribution in [0.15, 0.2) is 51.4 Å². The number of allylic oxidation sites excluding steroid dienone is 1. The fourth-order valence-electron chi connectivity index (χ4n) is 6.29. The van der Waals surface area contributed by atoms with Crippen molar-refractivity contribution in [3.63, 3.8) is 0 Å². The Balaban J connectivity index is 1.52. The van der Waals surface area contributed by atoms with Gasteiger partial charge in [0.2, 0.25) is 0 Å². The van der Waals surface area contributed by atoms with Crippen molar-refractivity contribution in [3.8, 4) is 16.8 Å². The summed E-state index contributed by atoms with van der Waals surface area (Å²) in [7, 11) is 0. The van der Waals surface area contributed by atoms with Crippen LogP contribution in [-0.2, 0) is 22.4 Å². The summed E-state index contributed by atoms with van der Waals surface area (Å²) >= 11 is 3.01. The molecule has 2 aliphatic rings. The van der Waals surface area contributed by atoms with Gasteiger partial charge in [0.25, 0.3) is 5.56 Å². The Labute approximate surface area is 263 Å². The molecule has 6 rings (SSSR count). The number of nitrogens with zero attached hydrogens (tertiary/aromatic N) is 4. The molecule has 4 heterocycles. The van der Waals surface area contributed by atoms with E-state index in [-0.39, 0.29) is 12.2 Å². The predicted octanol–water partition coefficient (Wildman–Crippen LogP) is 5.42. The quantitative estimate of drug-likeness (QED) is 0.255. The van der Waals surface area contributed by atoms with Gasteiger partial charge in [-0.2, -0.15) is 5.26 Å². The average molecular weight is 627 g/mol. The Hall–Kier alpha value is -4.20. The van der Waals surface area contributed by atoms with Crippen LogP contribution in [0.3, 0.4) is 0 Å². The zero-order valence-electron chi connectivity index (χ0n) is 25.5. The van der Waals surface area contributed by atoms with E-state index in [2.05, 4.69) is 16.7 Å². The van der Waals surface area contributed by atoms with E-state index in [4.69, 9.17) is 14.5 Å². The topological polar surface area (TPSA) is 98.6 Å². The van der Waals surface area contributed by atoms with Crippen LogP contribution in [0.1, 0.15) is 78.2 Å². The van der Waals surface area contributed by atoms with Crippen molar-refractivity contribution in [1.29, 1.82) is 5.26 Å². The summed E-state index contributed by atoms with van der Waals surface area (Å²) in [6.45, 7) is 10.1. The first-order valence-electron chi connectivity index (χ1n) is 14.9. The molecule has 1 aromatic carbocycles. The predicted molar refractivity (Wildman–Crippen MR) is 172 cm³/mol. The zero-order valence-corrected chi connectivity index (χ0v) is 27.2. The van der Waals surface area contributed by atoms with Crippen molar-refractivity contribution < 1.29 is 14.3 Å². The van der Waals surface area contributed by atoms with E-state index in [0.717, 1.165) is 53.2 Å². The normalized spacial score (nSPS) is 16.3. The molecule has 0 bridgehead atoms. The van der Waals surface area contributed by atoms with Crippen LogP contribution >= 0.6 is 22.7 Å². The van der Waals surface area contributed by atoms with Gasteiger partial charge in [0.1, 0.15) is 22.9 Å². The van der Waals surface area contributed by atoms with Gasteiger partial charge in [-0.15, -0.1) is 11.3 Å². The highest BCUT2D eigenvalue weighted by atomic mass is 32.1. The molecule has 0 N–H and O–H groups in total. The lowest BCUT2D eigenvalue weighted by Gasteiger charge is -2.26. The fourth-order valence-corrected chi connectivity index (χ4v) is 8.78. The lowest BCUT2D eigenvalue weighted by atomic mass is 9.95. The third-order valence-electron chi connectivity index (χ3n) is 8.25. The molecule has 0 spiro atoms. The minimum absolute atomic E-state index is 0.205. The van der Waals surface area contributed by atoms with Gasteiger partial charge >= 0.3 is 5.97 Å². The number of fused-ring (bicyclic) bond motifs is 2. The number of aromatic nitrogens is 2. The van der Waals surface area contributed by atoms with Gasteiger partial charge in [0.05, 0.1) is 34.6 Å². The fraction of sp³-hybridized carbons (Fsp3) is 0.353. The molecule has 3 aromatic heterocycles. The molecule has 4 aromatic rings. The zero-order chi connectivity index (χ0) is 31.1. The maximum absolute atomic E-state index is 14.2. The average Bonchev–Trinajstić information content (AvgIpc) is 3.62. The molecule has 1 aliphatic carbocycles. The second-order valence-corrected chi connectivity index (χ2v) is 13.0. The van der Waals surface area contributed by atoms with Crippen LogP contribution in [0.4, 0.5) is 0 Å². The number of para-hydroxylation sites is 1. The Morgan fingerprint density at radius 2 is 1.91 bits per heavy atom. The molecule has 226 valence electrons. The first-order chi connectivity index (χ1) is 21.3. The second-order valence-electron chi connectivity index (χ2n) is 10.9. The summed E-state index contributed by atoms with van der Waals surface area (Å²) in [5.41, 5.74) is 6.12. The first kappa shape index (κ1) is 29.9. The van der Waals surface area contributed by atoms with Crippen LogP contribution in [0.25, 0.3) is 11.1 Å². The van der Waals surface area contributed by atoms with Gasteiger partial charge in [0.15, 0.2) is 4.80 Å². The maximum Gasteiger partial charge on any atom is 0.338 e. The molecule has 0 fully saturated rings. The second kappa shape index (κ2) is 12.1. The van der Waals surface area contributed by atoms with Gasteiger partial charge in [-0.3, -0.25) is 9.36 Å². The van der Waals surface area contributed by atoms with E-state index in [1.165, 1.54) is 21.8 Å².